The summed E-state index contributed by atoms with van der Waals surface area (Å²) in [6.45, 7) is 3.07. The van der Waals surface area contributed by atoms with E-state index in [1.54, 1.807) is 0 Å². The average Bonchev–Trinajstić information content (AvgIpc) is 2.02. The molecule has 0 amide bonds. The number of aliphatic hydroxyl groups excluding tert-OH is 1. The molecule has 0 radical (unpaired) electrons. The summed E-state index contributed by atoms with van der Waals surface area (Å²) in [6, 6.07) is 0. The van der Waals surface area contributed by atoms with Crippen LogP contribution >= 0.6 is 11.8 Å². The number of alkyl halides is 3. The van der Waals surface area contributed by atoms with Gasteiger partial charge in [-0.3, -0.25) is 0 Å². The van der Waals surface area contributed by atoms with Gasteiger partial charge in [-0.1, -0.05) is 6.92 Å². The predicted molar refractivity (Wildman–Crippen MR) is 52.2 cm³/mol. The summed E-state index contributed by atoms with van der Waals surface area (Å²) in [7, 11) is 0. The summed E-state index contributed by atoms with van der Waals surface area (Å²) >= 11 is -0.0133. The van der Waals surface area contributed by atoms with Crippen LogP contribution in [0.2, 0.25) is 0 Å². The van der Waals surface area contributed by atoms with E-state index in [4.69, 9.17) is 5.11 Å². The zero-order chi connectivity index (χ0) is 11.0. The molecular formula is C8H16F3NOS. The van der Waals surface area contributed by atoms with E-state index in [1.165, 1.54) is 0 Å². The molecule has 0 aliphatic rings. The Hall–Kier alpha value is 0.0600. The minimum atomic E-state index is -4.13. The normalized spacial score (nSPS) is 14.4. The smallest absolute Gasteiger partial charge is 0.396 e. The van der Waals surface area contributed by atoms with Crippen molar-refractivity contribution in [2.24, 2.45) is 5.92 Å². The van der Waals surface area contributed by atoms with Gasteiger partial charge >= 0.3 is 5.51 Å². The van der Waals surface area contributed by atoms with Gasteiger partial charge in [-0.2, -0.15) is 13.2 Å². The summed E-state index contributed by atoms with van der Waals surface area (Å²) in [5.41, 5.74) is -4.13. The maximum absolute atomic E-state index is 11.7. The highest BCUT2D eigenvalue weighted by atomic mass is 32.2. The number of hydrogen-bond acceptors (Lipinski definition) is 3. The van der Waals surface area contributed by atoms with Crippen LogP contribution in [0.1, 0.15) is 13.3 Å². The summed E-state index contributed by atoms with van der Waals surface area (Å²) in [5.74, 6) is 0.339. The van der Waals surface area contributed by atoms with Crippen molar-refractivity contribution in [3.63, 3.8) is 0 Å². The Balaban J connectivity index is 3.21. The molecule has 0 bridgehead atoms. The van der Waals surface area contributed by atoms with Crippen LogP contribution in [0.5, 0.6) is 0 Å². The molecule has 1 atom stereocenters. The summed E-state index contributed by atoms with van der Waals surface area (Å²) < 4.78 is 35.0. The van der Waals surface area contributed by atoms with Gasteiger partial charge in [0.1, 0.15) is 0 Å². The SMILES string of the molecule is CC(CCO)CNCCSC(F)(F)F. The Morgan fingerprint density at radius 1 is 1.43 bits per heavy atom. The number of thioether (sulfide) groups is 1. The van der Waals surface area contributed by atoms with Crippen molar-refractivity contribution in [3.05, 3.63) is 0 Å². The van der Waals surface area contributed by atoms with Crippen LogP contribution < -0.4 is 5.32 Å². The molecule has 0 aliphatic carbocycles. The van der Waals surface area contributed by atoms with Gasteiger partial charge in [0, 0.05) is 18.9 Å². The topological polar surface area (TPSA) is 32.3 Å². The van der Waals surface area contributed by atoms with Gasteiger partial charge in [0.2, 0.25) is 0 Å². The molecule has 0 fully saturated rings. The first kappa shape index (κ1) is 14.1. The van der Waals surface area contributed by atoms with Gasteiger partial charge in [-0.25, -0.2) is 0 Å². The van der Waals surface area contributed by atoms with E-state index in [0.717, 1.165) is 0 Å². The maximum atomic E-state index is 11.7. The van der Waals surface area contributed by atoms with E-state index in [1.807, 2.05) is 6.92 Å². The second-order valence-corrected chi connectivity index (χ2v) is 4.28. The van der Waals surface area contributed by atoms with E-state index in [-0.39, 0.29) is 24.1 Å². The fourth-order valence-corrected chi connectivity index (χ4v) is 1.39. The lowest BCUT2D eigenvalue weighted by atomic mass is 10.1. The zero-order valence-electron chi connectivity index (χ0n) is 8.10. The molecule has 1 unspecified atom stereocenters. The fraction of sp³-hybridized carbons (Fsp3) is 1.00. The van der Waals surface area contributed by atoms with E-state index >= 15 is 0 Å². The van der Waals surface area contributed by atoms with E-state index < -0.39 is 5.51 Å². The Kier molecular flexibility index (Phi) is 7.40. The minimum Gasteiger partial charge on any atom is -0.396 e. The lowest BCUT2D eigenvalue weighted by Gasteiger charge is -2.11. The van der Waals surface area contributed by atoms with Crippen LogP contribution in [0, 0.1) is 5.92 Å². The molecule has 0 rings (SSSR count). The van der Waals surface area contributed by atoms with Gasteiger partial charge in [0.25, 0.3) is 0 Å². The molecule has 0 aliphatic heterocycles. The highest BCUT2D eigenvalue weighted by molar-refractivity contribution is 8.00. The third-order valence-corrected chi connectivity index (χ3v) is 2.39. The second kappa shape index (κ2) is 7.36. The quantitative estimate of drug-likeness (QED) is 0.656. The Morgan fingerprint density at radius 2 is 2.07 bits per heavy atom. The van der Waals surface area contributed by atoms with Crippen molar-refractivity contribution in [2.75, 3.05) is 25.4 Å². The van der Waals surface area contributed by atoms with E-state index in [0.29, 0.717) is 25.4 Å². The first-order valence-corrected chi connectivity index (χ1v) is 5.46. The van der Waals surface area contributed by atoms with Crippen molar-refractivity contribution in [3.8, 4) is 0 Å². The summed E-state index contributed by atoms with van der Waals surface area (Å²) in [6.07, 6.45) is 0.680. The van der Waals surface area contributed by atoms with Crippen LogP contribution in [-0.2, 0) is 0 Å². The zero-order valence-corrected chi connectivity index (χ0v) is 8.92. The molecule has 86 valence electrons. The third kappa shape index (κ3) is 10.1. The monoisotopic (exact) mass is 231 g/mol. The first-order chi connectivity index (χ1) is 6.45. The fourth-order valence-electron chi connectivity index (χ4n) is 0.910. The second-order valence-electron chi connectivity index (χ2n) is 3.12. The Morgan fingerprint density at radius 3 is 2.57 bits per heavy atom. The molecule has 0 saturated carbocycles. The lowest BCUT2D eigenvalue weighted by molar-refractivity contribution is -0.0327. The van der Waals surface area contributed by atoms with E-state index in [9.17, 15) is 13.2 Å². The number of halogens is 3. The molecule has 0 aromatic rings. The van der Waals surface area contributed by atoms with Gasteiger partial charge in [0.05, 0.1) is 0 Å². The van der Waals surface area contributed by atoms with Crippen LogP contribution in [0.25, 0.3) is 0 Å². The molecule has 0 saturated heterocycles. The number of rotatable bonds is 7. The van der Waals surface area contributed by atoms with Gasteiger partial charge < -0.3 is 10.4 Å². The third-order valence-electron chi connectivity index (χ3n) is 1.66. The summed E-state index contributed by atoms with van der Waals surface area (Å²) in [5, 5.41) is 11.5. The van der Waals surface area contributed by atoms with Crippen molar-refractivity contribution in [1.82, 2.24) is 5.32 Å². The van der Waals surface area contributed by atoms with Crippen LogP contribution in [-0.4, -0.2) is 36.1 Å². The van der Waals surface area contributed by atoms with Crippen molar-refractivity contribution >= 4 is 11.8 Å². The van der Waals surface area contributed by atoms with Gasteiger partial charge in [-0.15, -0.1) is 0 Å². The highest BCUT2D eigenvalue weighted by Gasteiger charge is 2.27. The standard InChI is InChI=1S/C8H16F3NOS/c1-7(2-4-13)6-12-3-5-14-8(9,10)11/h7,12-13H,2-6H2,1H3. The Bertz CT molecular complexity index is 143. The molecular weight excluding hydrogens is 215 g/mol. The minimum absolute atomic E-state index is 0.0133. The molecule has 14 heavy (non-hydrogen) atoms. The average molecular weight is 231 g/mol. The Labute approximate surface area is 86.3 Å². The van der Waals surface area contributed by atoms with Crippen molar-refractivity contribution in [2.45, 2.75) is 18.9 Å². The number of aliphatic hydroxyl groups is 1. The van der Waals surface area contributed by atoms with Gasteiger partial charge in [-0.05, 0) is 30.6 Å². The molecule has 0 aromatic carbocycles. The van der Waals surface area contributed by atoms with Crippen LogP contribution in [0.4, 0.5) is 13.2 Å². The number of nitrogens with one attached hydrogen (secondary N) is 1. The molecule has 0 spiro atoms. The maximum Gasteiger partial charge on any atom is 0.441 e. The molecule has 6 heteroatoms. The highest BCUT2D eigenvalue weighted by Crippen LogP contribution is 2.29. The van der Waals surface area contributed by atoms with Crippen LogP contribution in [0.3, 0.4) is 0 Å². The predicted octanol–water partition coefficient (Wildman–Crippen LogP) is 1.85. The lowest BCUT2D eigenvalue weighted by Crippen LogP contribution is -2.24. The molecule has 2 N–H and O–H groups in total. The molecule has 0 heterocycles. The first-order valence-electron chi connectivity index (χ1n) is 4.48. The molecule has 0 aromatic heterocycles. The van der Waals surface area contributed by atoms with E-state index in [2.05, 4.69) is 5.32 Å². The summed E-state index contributed by atoms with van der Waals surface area (Å²) in [4.78, 5) is 0. The largest absolute Gasteiger partial charge is 0.441 e. The van der Waals surface area contributed by atoms with Gasteiger partial charge in [0.15, 0.2) is 0 Å². The van der Waals surface area contributed by atoms with Crippen molar-refractivity contribution < 1.29 is 18.3 Å². The van der Waals surface area contributed by atoms with Crippen LogP contribution in [0.15, 0.2) is 0 Å². The molecule has 2 nitrogen and oxygen atoms in total. The van der Waals surface area contributed by atoms with Crippen molar-refractivity contribution in [1.29, 1.82) is 0 Å². The number of hydrogen-bond donors (Lipinski definition) is 2.